The predicted molar refractivity (Wildman–Crippen MR) is 107 cm³/mol. The van der Waals surface area contributed by atoms with Crippen molar-refractivity contribution in [3.05, 3.63) is 80.9 Å². The van der Waals surface area contributed by atoms with Crippen molar-refractivity contribution in [2.75, 3.05) is 5.32 Å². The second kappa shape index (κ2) is 7.41. The van der Waals surface area contributed by atoms with Gasteiger partial charge in [-0.05, 0) is 42.5 Å². The molecule has 1 N–H and O–H groups in total. The summed E-state index contributed by atoms with van der Waals surface area (Å²) in [6, 6.07) is 13.7. The van der Waals surface area contributed by atoms with Gasteiger partial charge in [0.1, 0.15) is 17.3 Å². The van der Waals surface area contributed by atoms with Crippen molar-refractivity contribution < 1.29 is 13.7 Å². The first-order valence-corrected chi connectivity index (χ1v) is 9.28. The Bertz CT molecular complexity index is 1160. The van der Waals surface area contributed by atoms with Crippen LogP contribution in [0.2, 0.25) is 5.02 Å². The van der Waals surface area contributed by atoms with E-state index in [2.05, 4.69) is 10.3 Å². The topological polar surface area (TPSA) is 81.2 Å². The highest BCUT2D eigenvalue weighted by Crippen LogP contribution is 2.35. The molecule has 4 rings (SSSR count). The average Bonchev–Trinajstić information content (AvgIpc) is 3.33. The van der Waals surface area contributed by atoms with Crippen molar-refractivity contribution >= 4 is 39.4 Å². The van der Waals surface area contributed by atoms with Gasteiger partial charge in [-0.3, -0.25) is 10.1 Å². The Morgan fingerprint density at radius 1 is 1.11 bits per heavy atom. The van der Waals surface area contributed by atoms with Gasteiger partial charge in [0, 0.05) is 28.8 Å². The summed E-state index contributed by atoms with van der Waals surface area (Å²) in [5.74, 6) is 0.710. The molecule has 0 unspecified atom stereocenters. The molecule has 4 aromatic rings. The van der Waals surface area contributed by atoms with Crippen LogP contribution in [0.5, 0.6) is 0 Å². The number of halogens is 2. The number of hydrogen-bond acceptors (Lipinski definition) is 6. The number of nitrogens with one attached hydrogen (secondary N) is 1. The van der Waals surface area contributed by atoms with Gasteiger partial charge in [-0.15, -0.1) is 11.3 Å². The SMILES string of the molecule is O=[N+]([O-])c1ccc(-c2ccc(-c3csc(Nc4ccc(F)cc4)n3)o2)c(Cl)c1. The highest BCUT2D eigenvalue weighted by molar-refractivity contribution is 7.14. The Balaban J connectivity index is 1.56. The van der Waals surface area contributed by atoms with E-state index < -0.39 is 4.92 Å². The first-order valence-electron chi connectivity index (χ1n) is 8.02. The van der Waals surface area contributed by atoms with Crippen molar-refractivity contribution in [2.45, 2.75) is 0 Å². The van der Waals surface area contributed by atoms with Crippen molar-refractivity contribution in [1.29, 1.82) is 0 Å². The fourth-order valence-electron chi connectivity index (χ4n) is 2.54. The van der Waals surface area contributed by atoms with Gasteiger partial charge >= 0.3 is 0 Å². The quantitative estimate of drug-likeness (QED) is 0.296. The summed E-state index contributed by atoms with van der Waals surface area (Å²) in [6.45, 7) is 0. The molecule has 0 bridgehead atoms. The van der Waals surface area contributed by atoms with Crippen molar-refractivity contribution in [2.24, 2.45) is 0 Å². The first kappa shape index (κ1) is 18.1. The number of non-ortho nitro benzene ring substituents is 1. The second-order valence-corrected chi connectivity index (χ2v) is 7.02. The van der Waals surface area contributed by atoms with E-state index >= 15 is 0 Å². The van der Waals surface area contributed by atoms with Crippen molar-refractivity contribution in [3.8, 4) is 22.8 Å². The van der Waals surface area contributed by atoms with Gasteiger partial charge in [0.05, 0.1) is 9.95 Å². The third-order valence-corrected chi connectivity index (χ3v) is 4.96. The number of thiazole rings is 1. The van der Waals surface area contributed by atoms with Gasteiger partial charge in [-0.2, -0.15) is 0 Å². The molecule has 2 aromatic carbocycles. The Morgan fingerprint density at radius 3 is 2.57 bits per heavy atom. The number of hydrogen-bond donors (Lipinski definition) is 1. The van der Waals surface area contributed by atoms with Crippen LogP contribution >= 0.6 is 22.9 Å². The molecule has 0 saturated carbocycles. The minimum absolute atomic E-state index is 0.0865. The Labute approximate surface area is 167 Å². The van der Waals surface area contributed by atoms with Crippen LogP contribution < -0.4 is 5.32 Å². The fraction of sp³-hybridized carbons (Fsp3) is 0. The molecule has 0 aliphatic heterocycles. The summed E-state index contributed by atoms with van der Waals surface area (Å²) < 4.78 is 18.8. The zero-order valence-electron chi connectivity index (χ0n) is 14.1. The van der Waals surface area contributed by atoms with Gasteiger partial charge < -0.3 is 9.73 Å². The minimum atomic E-state index is -0.506. The average molecular weight is 416 g/mol. The van der Waals surface area contributed by atoms with Gasteiger partial charge in [0.2, 0.25) is 0 Å². The Hall–Kier alpha value is -3.23. The van der Waals surface area contributed by atoms with Crippen molar-refractivity contribution in [1.82, 2.24) is 4.98 Å². The molecular formula is C19H11ClFN3O3S. The zero-order valence-corrected chi connectivity index (χ0v) is 15.6. The van der Waals surface area contributed by atoms with Gasteiger partial charge in [0.15, 0.2) is 10.9 Å². The molecule has 0 amide bonds. The lowest BCUT2D eigenvalue weighted by Crippen LogP contribution is -1.89. The number of rotatable bonds is 5. The minimum Gasteiger partial charge on any atom is -0.454 e. The number of benzene rings is 2. The van der Waals surface area contributed by atoms with E-state index in [9.17, 15) is 14.5 Å². The van der Waals surface area contributed by atoms with E-state index in [4.69, 9.17) is 16.0 Å². The van der Waals surface area contributed by atoms with Crippen LogP contribution in [-0.4, -0.2) is 9.91 Å². The standard InChI is InChI=1S/C19H11ClFN3O3S/c20-15-9-13(24(25)26)5-6-14(15)17-7-8-18(27-17)16-10-28-19(23-16)22-12-3-1-11(21)2-4-12/h1-10H,(H,22,23). The molecule has 0 aliphatic carbocycles. The first-order chi connectivity index (χ1) is 13.5. The van der Waals surface area contributed by atoms with Gasteiger partial charge in [-0.25, -0.2) is 9.37 Å². The van der Waals surface area contributed by atoms with Crippen LogP contribution in [0.4, 0.5) is 20.9 Å². The van der Waals surface area contributed by atoms with E-state index in [0.717, 1.165) is 5.69 Å². The number of furan rings is 1. The van der Waals surface area contributed by atoms with E-state index in [-0.39, 0.29) is 16.5 Å². The van der Waals surface area contributed by atoms with E-state index in [0.29, 0.717) is 27.9 Å². The van der Waals surface area contributed by atoms with Crippen molar-refractivity contribution in [3.63, 3.8) is 0 Å². The summed E-state index contributed by atoms with van der Waals surface area (Å²) in [6.07, 6.45) is 0. The summed E-state index contributed by atoms with van der Waals surface area (Å²) >= 11 is 7.53. The summed E-state index contributed by atoms with van der Waals surface area (Å²) in [7, 11) is 0. The van der Waals surface area contributed by atoms with Crippen LogP contribution in [0.1, 0.15) is 0 Å². The number of nitrogens with zero attached hydrogens (tertiary/aromatic N) is 2. The van der Waals surface area contributed by atoms with E-state index in [1.807, 2.05) is 5.38 Å². The number of nitro groups is 1. The molecule has 0 radical (unpaired) electrons. The third-order valence-electron chi connectivity index (χ3n) is 3.89. The van der Waals surface area contributed by atoms with Crippen LogP contribution in [-0.2, 0) is 0 Å². The van der Waals surface area contributed by atoms with Crippen LogP contribution in [0.3, 0.4) is 0 Å². The molecule has 9 heteroatoms. The Morgan fingerprint density at radius 2 is 1.86 bits per heavy atom. The molecule has 0 aliphatic rings. The highest BCUT2D eigenvalue weighted by Gasteiger charge is 2.15. The Kier molecular flexibility index (Phi) is 4.81. The highest BCUT2D eigenvalue weighted by atomic mass is 35.5. The third kappa shape index (κ3) is 3.73. The molecule has 0 spiro atoms. The lowest BCUT2D eigenvalue weighted by molar-refractivity contribution is -0.384. The molecule has 0 atom stereocenters. The molecule has 0 fully saturated rings. The van der Waals surface area contributed by atoms with Crippen LogP contribution in [0.25, 0.3) is 22.8 Å². The monoisotopic (exact) mass is 415 g/mol. The predicted octanol–water partition coefficient (Wildman–Crippen LogP) is 6.51. The summed E-state index contributed by atoms with van der Waals surface area (Å²) in [5.41, 5.74) is 1.81. The zero-order chi connectivity index (χ0) is 19.7. The number of nitro benzene ring substituents is 1. The lowest BCUT2D eigenvalue weighted by atomic mass is 10.1. The maximum atomic E-state index is 13.0. The fourth-order valence-corrected chi connectivity index (χ4v) is 3.53. The summed E-state index contributed by atoms with van der Waals surface area (Å²) in [4.78, 5) is 14.8. The normalized spacial score (nSPS) is 10.8. The number of anilines is 2. The second-order valence-electron chi connectivity index (χ2n) is 5.75. The number of aromatic nitrogens is 1. The van der Waals surface area contributed by atoms with E-state index in [1.54, 1.807) is 30.3 Å². The molecule has 2 aromatic heterocycles. The van der Waals surface area contributed by atoms with Crippen LogP contribution in [0, 0.1) is 15.9 Å². The smallest absolute Gasteiger partial charge is 0.270 e. The van der Waals surface area contributed by atoms with Gasteiger partial charge in [-0.1, -0.05) is 11.6 Å². The molecule has 6 nitrogen and oxygen atoms in total. The summed E-state index contributed by atoms with van der Waals surface area (Å²) in [5, 5.41) is 16.6. The lowest BCUT2D eigenvalue weighted by Gasteiger charge is -2.01. The maximum Gasteiger partial charge on any atom is 0.270 e. The van der Waals surface area contributed by atoms with E-state index in [1.165, 1.54) is 35.6 Å². The molecule has 0 saturated heterocycles. The molecule has 28 heavy (non-hydrogen) atoms. The molecule has 140 valence electrons. The maximum absolute atomic E-state index is 13.0. The van der Waals surface area contributed by atoms with Gasteiger partial charge in [0.25, 0.3) is 5.69 Å². The largest absolute Gasteiger partial charge is 0.454 e. The molecular weight excluding hydrogens is 405 g/mol. The van der Waals surface area contributed by atoms with Crippen LogP contribution in [0.15, 0.2) is 64.4 Å². The molecule has 2 heterocycles.